The molecule has 1 heterocycles. The number of hydrogen-bond acceptors (Lipinski definition) is 4. The van der Waals surface area contributed by atoms with Crippen molar-refractivity contribution in [3.05, 3.63) is 0 Å². The minimum absolute atomic E-state index is 0.518. The van der Waals surface area contributed by atoms with Crippen LogP contribution in [-0.4, -0.2) is 47.3 Å². The van der Waals surface area contributed by atoms with Crippen LogP contribution >= 0.6 is 23.5 Å². The van der Waals surface area contributed by atoms with Gasteiger partial charge in [-0.25, -0.2) is 0 Å². The number of thioether (sulfide) groups is 2. The third-order valence-electron chi connectivity index (χ3n) is 3.33. The van der Waals surface area contributed by atoms with Crippen molar-refractivity contribution in [2.75, 3.05) is 25.5 Å². The van der Waals surface area contributed by atoms with E-state index < -0.39 is 0 Å². The van der Waals surface area contributed by atoms with E-state index in [0.29, 0.717) is 11.3 Å². The van der Waals surface area contributed by atoms with Crippen molar-refractivity contribution in [3.63, 3.8) is 0 Å². The fraction of sp³-hybridized carbons (Fsp3) is 1.00. The summed E-state index contributed by atoms with van der Waals surface area (Å²) in [5.74, 6) is 1.26. The van der Waals surface area contributed by atoms with E-state index in [0.717, 1.165) is 36.7 Å². The quantitative estimate of drug-likeness (QED) is 0.692. The summed E-state index contributed by atoms with van der Waals surface area (Å²) in [7, 11) is 0. The molecule has 4 atom stereocenters. The summed E-state index contributed by atoms with van der Waals surface area (Å²) in [6.07, 6.45) is 2.31. The van der Waals surface area contributed by atoms with E-state index in [2.05, 4.69) is 56.5 Å². The number of nitrogens with one attached hydrogen (secondary N) is 1. The van der Waals surface area contributed by atoms with Gasteiger partial charge in [-0.15, -0.1) is 0 Å². The zero-order valence-corrected chi connectivity index (χ0v) is 13.9. The normalized spacial score (nSPS) is 30.3. The van der Waals surface area contributed by atoms with Gasteiger partial charge in [-0.3, -0.25) is 0 Å². The van der Waals surface area contributed by atoms with Gasteiger partial charge in [0, 0.05) is 34.2 Å². The van der Waals surface area contributed by atoms with E-state index in [1.807, 2.05) is 0 Å². The Balaban J connectivity index is 2.42. The molecule has 0 bridgehead atoms. The molecule has 1 saturated heterocycles. The maximum atomic E-state index is 5.77. The van der Waals surface area contributed by atoms with E-state index in [1.54, 1.807) is 0 Å². The Labute approximate surface area is 121 Å². The van der Waals surface area contributed by atoms with Gasteiger partial charge in [-0.1, -0.05) is 27.7 Å². The highest BCUT2D eigenvalue weighted by Gasteiger charge is 2.30. The van der Waals surface area contributed by atoms with E-state index in [1.165, 1.54) is 12.2 Å². The summed E-state index contributed by atoms with van der Waals surface area (Å²) in [4.78, 5) is 0. The van der Waals surface area contributed by atoms with Gasteiger partial charge in [0.25, 0.3) is 0 Å². The summed E-state index contributed by atoms with van der Waals surface area (Å²) in [5, 5.41) is 5.92. The van der Waals surface area contributed by atoms with Crippen LogP contribution in [0.15, 0.2) is 0 Å². The van der Waals surface area contributed by atoms with E-state index in [9.17, 15) is 0 Å². The largest absolute Gasteiger partial charge is 0.380 e. The average Bonchev–Trinajstić information content (AvgIpc) is 2.37. The molecule has 0 aliphatic carbocycles. The third-order valence-corrected chi connectivity index (χ3v) is 6.88. The van der Waals surface area contributed by atoms with Crippen molar-refractivity contribution in [1.29, 1.82) is 0 Å². The van der Waals surface area contributed by atoms with Gasteiger partial charge in [0.2, 0.25) is 0 Å². The van der Waals surface area contributed by atoms with Crippen molar-refractivity contribution in [2.24, 2.45) is 0 Å². The van der Waals surface area contributed by atoms with E-state index >= 15 is 0 Å². The van der Waals surface area contributed by atoms with Gasteiger partial charge >= 0.3 is 0 Å². The zero-order chi connectivity index (χ0) is 13.4. The molecule has 18 heavy (non-hydrogen) atoms. The van der Waals surface area contributed by atoms with Gasteiger partial charge in [0.1, 0.15) is 0 Å². The third kappa shape index (κ3) is 5.72. The van der Waals surface area contributed by atoms with E-state index in [4.69, 9.17) is 4.74 Å². The number of ether oxygens (including phenoxy) is 1. The minimum atomic E-state index is 0.518. The Kier molecular flexibility index (Phi) is 8.81. The molecule has 0 spiro atoms. The minimum Gasteiger partial charge on any atom is -0.380 e. The molecule has 2 nitrogen and oxygen atoms in total. The van der Waals surface area contributed by atoms with E-state index in [-0.39, 0.29) is 0 Å². The molecule has 4 unspecified atom stereocenters. The molecule has 1 fully saturated rings. The lowest BCUT2D eigenvalue weighted by Gasteiger charge is -2.36. The maximum absolute atomic E-state index is 5.77. The van der Waals surface area contributed by atoms with Crippen molar-refractivity contribution >= 4 is 23.5 Å². The second-order valence-corrected chi connectivity index (χ2v) is 8.09. The van der Waals surface area contributed by atoms with Crippen LogP contribution in [0.2, 0.25) is 0 Å². The van der Waals surface area contributed by atoms with Crippen molar-refractivity contribution in [2.45, 2.75) is 62.3 Å². The van der Waals surface area contributed by atoms with Crippen LogP contribution in [-0.2, 0) is 4.74 Å². The molecular weight excluding hydrogens is 262 g/mol. The molecule has 1 aliphatic rings. The number of hydrogen-bond donors (Lipinski definition) is 1. The van der Waals surface area contributed by atoms with Crippen molar-refractivity contribution in [3.8, 4) is 0 Å². The van der Waals surface area contributed by atoms with Crippen molar-refractivity contribution < 1.29 is 4.74 Å². The van der Waals surface area contributed by atoms with Crippen LogP contribution in [0.25, 0.3) is 0 Å². The second kappa shape index (κ2) is 9.51. The lowest BCUT2D eigenvalue weighted by Crippen LogP contribution is -2.46. The summed E-state index contributed by atoms with van der Waals surface area (Å²) < 4.78 is 5.77. The van der Waals surface area contributed by atoms with Crippen LogP contribution in [0.1, 0.15) is 40.5 Å². The standard InChI is InChI=1S/C14H29NOS2/c1-5-7-15-13(9-16-8-6-2)14-10-17-11(3)12(4)18-14/h11-15H,5-10H2,1-4H3. The fourth-order valence-corrected chi connectivity index (χ4v) is 5.11. The number of rotatable bonds is 8. The lowest BCUT2D eigenvalue weighted by atomic mass is 10.2. The predicted octanol–water partition coefficient (Wildman–Crippen LogP) is 3.41. The highest BCUT2D eigenvalue weighted by atomic mass is 32.2. The molecule has 4 heteroatoms. The predicted molar refractivity (Wildman–Crippen MR) is 86.0 cm³/mol. The molecular formula is C14H29NOS2. The van der Waals surface area contributed by atoms with Crippen LogP contribution in [0, 0.1) is 0 Å². The highest BCUT2D eigenvalue weighted by molar-refractivity contribution is 8.07. The maximum Gasteiger partial charge on any atom is 0.0630 e. The summed E-state index contributed by atoms with van der Waals surface area (Å²) >= 11 is 4.27. The molecule has 0 aromatic carbocycles. The average molecular weight is 292 g/mol. The highest BCUT2D eigenvalue weighted by Crippen LogP contribution is 2.37. The zero-order valence-electron chi connectivity index (χ0n) is 12.3. The first kappa shape index (κ1) is 16.7. The Morgan fingerprint density at radius 3 is 2.61 bits per heavy atom. The smallest absolute Gasteiger partial charge is 0.0630 e. The summed E-state index contributed by atoms with van der Waals surface area (Å²) in [6, 6.07) is 0.518. The molecule has 0 aromatic heterocycles. The molecule has 1 N–H and O–H groups in total. The van der Waals surface area contributed by atoms with Gasteiger partial charge < -0.3 is 10.1 Å². The van der Waals surface area contributed by atoms with Crippen LogP contribution in [0.3, 0.4) is 0 Å². The molecule has 108 valence electrons. The first-order valence-electron chi connectivity index (χ1n) is 7.27. The first-order chi connectivity index (χ1) is 8.69. The van der Waals surface area contributed by atoms with Crippen LogP contribution < -0.4 is 5.32 Å². The molecule has 1 aliphatic heterocycles. The monoisotopic (exact) mass is 291 g/mol. The Hall–Kier alpha value is 0.620. The van der Waals surface area contributed by atoms with Gasteiger partial charge in [0.05, 0.1) is 6.61 Å². The lowest BCUT2D eigenvalue weighted by molar-refractivity contribution is 0.112. The van der Waals surface area contributed by atoms with Gasteiger partial charge in [-0.05, 0) is 19.4 Å². The molecule has 0 aromatic rings. The Morgan fingerprint density at radius 2 is 2.00 bits per heavy atom. The second-order valence-electron chi connectivity index (χ2n) is 5.05. The summed E-state index contributed by atoms with van der Waals surface area (Å²) in [5.41, 5.74) is 0. The summed E-state index contributed by atoms with van der Waals surface area (Å²) in [6.45, 7) is 12.0. The fourth-order valence-electron chi connectivity index (χ4n) is 2.00. The molecule has 0 saturated carbocycles. The van der Waals surface area contributed by atoms with Crippen LogP contribution in [0.4, 0.5) is 0 Å². The molecule has 0 radical (unpaired) electrons. The Bertz CT molecular complexity index is 216. The topological polar surface area (TPSA) is 21.3 Å². The van der Waals surface area contributed by atoms with Crippen LogP contribution in [0.5, 0.6) is 0 Å². The van der Waals surface area contributed by atoms with Crippen molar-refractivity contribution in [1.82, 2.24) is 5.32 Å². The molecule has 1 rings (SSSR count). The first-order valence-corrected chi connectivity index (χ1v) is 9.26. The van der Waals surface area contributed by atoms with Gasteiger partial charge in [-0.2, -0.15) is 23.5 Å². The Morgan fingerprint density at radius 1 is 1.22 bits per heavy atom. The molecule has 0 amide bonds. The van der Waals surface area contributed by atoms with Gasteiger partial charge in [0.15, 0.2) is 0 Å². The SMILES string of the molecule is CCCNC(COCCC)C1CSC(C)C(C)S1.